The van der Waals surface area contributed by atoms with E-state index in [0.717, 1.165) is 17.5 Å². The zero-order valence-corrected chi connectivity index (χ0v) is 18.6. The number of carbonyl (C=O) groups is 1. The van der Waals surface area contributed by atoms with E-state index >= 15 is 0 Å². The highest BCUT2D eigenvalue weighted by Gasteiger charge is 2.49. The van der Waals surface area contributed by atoms with E-state index in [9.17, 15) is 4.79 Å². The lowest BCUT2D eigenvalue weighted by Crippen LogP contribution is -2.55. The van der Waals surface area contributed by atoms with Crippen LogP contribution in [0.1, 0.15) is 55.9 Å². The molecule has 30 heavy (non-hydrogen) atoms. The van der Waals surface area contributed by atoms with Crippen LogP contribution in [0.4, 0.5) is 0 Å². The van der Waals surface area contributed by atoms with Crippen LogP contribution in [-0.2, 0) is 9.53 Å². The molecule has 158 valence electrons. The van der Waals surface area contributed by atoms with Gasteiger partial charge >= 0.3 is 0 Å². The number of rotatable bonds is 7. The molecule has 2 fully saturated rings. The van der Waals surface area contributed by atoms with Gasteiger partial charge in [0.2, 0.25) is 0 Å². The van der Waals surface area contributed by atoms with Gasteiger partial charge in [-0.15, -0.1) is 6.58 Å². The molecule has 0 N–H and O–H groups in total. The molecule has 2 aliphatic rings. The van der Waals surface area contributed by atoms with Crippen LogP contribution in [0.3, 0.4) is 0 Å². The van der Waals surface area contributed by atoms with Crippen LogP contribution in [0.5, 0.6) is 0 Å². The van der Waals surface area contributed by atoms with Crippen LogP contribution in [0.15, 0.2) is 61.2 Å². The molecule has 1 heterocycles. The lowest BCUT2D eigenvalue weighted by molar-refractivity contribution is -0.180. The minimum absolute atomic E-state index is 0.0480. The van der Waals surface area contributed by atoms with Crippen molar-refractivity contribution in [3.05, 3.63) is 82.4 Å². The van der Waals surface area contributed by atoms with Gasteiger partial charge in [-0.25, -0.2) is 0 Å². The monoisotopic (exact) mass is 443 g/mol. The third-order valence-electron chi connectivity index (χ3n) is 6.14. The summed E-state index contributed by atoms with van der Waals surface area (Å²) in [4.78, 5) is 15.7. The van der Waals surface area contributed by atoms with Gasteiger partial charge < -0.3 is 9.64 Å². The maximum Gasteiger partial charge on any atom is 0.252 e. The van der Waals surface area contributed by atoms with E-state index in [1.165, 1.54) is 12.8 Å². The summed E-state index contributed by atoms with van der Waals surface area (Å²) < 4.78 is 6.45. The van der Waals surface area contributed by atoms with Crippen molar-refractivity contribution in [1.29, 1.82) is 0 Å². The molecule has 4 atom stereocenters. The smallest absolute Gasteiger partial charge is 0.252 e. The van der Waals surface area contributed by atoms with Crippen molar-refractivity contribution < 1.29 is 9.53 Å². The van der Waals surface area contributed by atoms with E-state index in [1.807, 2.05) is 48.5 Å². The number of ether oxygens (including phenoxy) is 1. The third-order valence-corrected chi connectivity index (χ3v) is 6.63. The van der Waals surface area contributed by atoms with Crippen molar-refractivity contribution >= 4 is 29.1 Å². The van der Waals surface area contributed by atoms with Crippen molar-refractivity contribution in [3.8, 4) is 0 Å². The average molecular weight is 444 g/mol. The van der Waals surface area contributed by atoms with Crippen molar-refractivity contribution in [2.24, 2.45) is 5.92 Å². The van der Waals surface area contributed by atoms with Crippen molar-refractivity contribution in [3.63, 3.8) is 0 Å². The molecular weight excluding hydrogens is 417 g/mol. The molecule has 0 radical (unpaired) electrons. The van der Waals surface area contributed by atoms with Crippen LogP contribution in [0, 0.1) is 5.92 Å². The van der Waals surface area contributed by atoms with Crippen LogP contribution < -0.4 is 0 Å². The maximum absolute atomic E-state index is 13.6. The molecule has 1 aliphatic carbocycles. The predicted octanol–water partition coefficient (Wildman–Crippen LogP) is 6.77. The summed E-state index contributed by atoms with van der Waals surface area (Å²) in [7, 11) is 0. The first-order valence-corrected chi connectivity index (χ1v) is 11.4. The summed E-state index contributed by atoms with van der Waals surface area (Å²) in [5.41, 5.74) is 1.99. The Morgan fingerprint density at radius 1 is 1.13 bits per heavy atom. The van der Waals surface area contributed by atoms with Gasteiger partial charge in [0.05, 0.1) is 6.04 Å². The molecule has 0 aromatic heterocycles. The Bertz CT molecular complexity index is 910. The Labute approximate surface area is 188 Å². The van der Waals surface area contributed by atoms with Gasteiger partial charge in [0.25, 0.3) is 5.91 Å². The van der Waals surface area contributed by atoms with Crippen molar-refractivity contribution in [2.45, 2.75) is 56.9 Å². The Morgan fingerprint density at radius 2 is 1.87 bits per heavy atom. The minimum atomic E-state index is -0.539. The Kier molecular flexibility index (Phi) is 6.52. The molecule has 1 saturated heterocycles. The molecule has 0 bridgehead atoms. The molecule has 4 rings (SSSR count). The quantitative estimate of drug-likeness (QED) is 0.441. The van der Waals surface area contributed by atoms with Gasteiger partial charge in [0, 0.05) is 22.5 Å². The number of hydrogen-bond acceptors (Lipinski definition) is 2. The number of benzene rings is 2. The molecule has 1 aliphatic heterocycles. The highest BCUT2D eigenvalue weighted by molar-refractivity contribution is 6.30. The molecule has 5 heteroatoms. The highest BCUT2D eigenvalue weighted by Crippen LogP contribution is 2.48. The van der Waals surface area contributed by atoms with E-state index in [0.29, 0.717) is 22.4 Å². The van der Waals surface area contributed by atoms with Crippen LogP contribution >= 0.6 is 23.2 Å². The largest absolute Gasteiger partial charge is 0.358 e. The first-order chi connectivity index (χ1) is 14.5. The predicted molar refractivity (Wildman–Crippen MR) is 122 cm³/mol. The van der Waals surface area contributed by atoms with Crippen molar-refractivity contribution in [1.82, 2.24) is 4.90 Å². The Morgan fingerprint density at radius 3 is 2.47 bits per heavy atom. The average Bonchev–Trinajstić information content (AvgIpc) is 3.57. The summed E-state index contributed by atoms with van der Waals surface area (Å²) >= 11 is 12.5. The molecule has 3 nitrogen and oxygen atoms in total. The third kappa shape index (κ3) is 4.30. The van der Waals surface area contributed by atoms with Gasteiger partial charge in [0.15, 0.2) is 0 Å². The molecule has 0 spiro atoms. The Hall–Kier alpha value is -1.81. The van der Waals surface area contributed by atoms with E-state index in [2.05, 4.69) is 18.4 Å². The molecular formula is C25H27Cl2NO2. The van der Waals surface area contributed by atoms with Gasteiger partial charge in [-0.1, -0.05) is 60.5 Å². The summed E-state index contributed by atoms with van der Waals surface area (Å²) in [5.74, 6) is 0.600. The van der Waals surface area contributed by atoms with Gasteiger partial charge in [-0.2, -0.15) is 0 Å². The zero-order chi connectivity index (χ0) is 21.3. The SMILES string of the molecule is C=CC[C@H]1O[C@H](c2cccc(Cl)c2)[C@H](c2ccc(Cl)cc2)N([C@H](CC)C2CC2)C1=O. The number of carbonyl (C=O) groups excluding carboxylic acids is 1. The lowest BCUT2D eigenvalue weighted by Gasteiger charge is -2.48. The number of amides is 1. The number of halogens is 2. The van der Waals surface area contributed by atoms with E-state index < -0.39 is 6.10 Å². The zero-order valence-electron chi connectivity index (χ0n) is 17.1. The van der Waals surface area contributed by atoms with E-state index in [4.69, 9.17) is 27.9 Å². The summed E-state index contributed by atoms with van der Waals surface area (Å²) in [5, 5.41) is 1.33. The summed E-state index contributed by atoms with van der Waals surface area (Å²) in [6.45, 7) is 6.01. The second kappa shape index (κ2) is 9.13. The van der Waals surface area contributed by atoms with Crippen LogP contribution in [-0.4, -0.2) is 23.0 Å². The van der Waals surface area contributed by atoms with Crippen LogP contribution in [0.2, 0.25) is 10.0 Å². The van der Waals surface area contributed by atoms with Gasteiger partial charge in [-0.3, -0.25) is 4.79 Å². The molecule has 2 aromatic carbocycles. The number of morpholine rings is 1. The molecule has 1 amide bonds. The van der Waals surface area contributed by atoms with Gasteiger partial charge in [0.1, 0.15) is 12.2 Å². The fourth-order valence-electron chi connectivity index (χ4n) is 4.61. The number of nitrogens with zero attached hydrogens (tertiary/aromatic N) is 1. The topological polar surface area (TPSA) is 29.5 Å². The summed E-state index contributed by atoms with van der Waals surface area (Å²) in [6.07, 6.45) is 4.65. The maximum atomic E-state index is 13.6. The fraction of sp³-hybridized carbons (Fsp3) is 0.400. The molecule has 1 saturated carbocycles. The van der Waals surface area contributed by atoms with Crippen LogP contribution in [0.25, 0.3) is 0 Å². The lowest BCUT2D eigenvalue weighted by atomic mass is 9.88. The van der Waals surface area contributed by atoms with Crippen molar-refractivity contribution in [2.75, 3.05) is 0 Å². The highest BCUT2D eigenvalue weighted by atomic mass is 35.5. The second-order valence-electron chi connectivity index (χ2n) is 8.18. The van der Waals surface area contributed by atoms with Gasteiger partial charge in [-0.05, 0) is 60.6 Å². The number of hydrogen-bond donors (Lipinski definition) is 0. The summed E-state index contributed by atoms with van der Waals surface area (Å²) in [6, 6.07) is 15.5. The second-order valence-corrected chi connectivity index (χ2v) is 9.05. The molecule has 2 aromatic rings. The minimum Gasteiger partial charge on any atom is -0.358 e. The normalized spacial score (nSPS) is 25.2. The molecule has 0 unspecified atom stereocenters. The standard InChI is InChI=1S/C25H27Cl2NO2/c1-3-6-22-25(29)28(21(4-2)16-9-10-16)23(17-11-13-19(26)14-12-17)24(30-22)18-7-5-8-20(27)15-18/h3,5,7-8,11-16,21-24H,1,4,6,9-10H2,2H3/t21-,22-,23+,24-/m1/s1. The Balaban J connectivity index is 1.84. The first-order valence-electron chi connectivity index (χ1n) is 10.6. The first kappa shape index (κ1) is 21.4. The van der Waals surface area contributed by atoms with E-state index in [1.54, 1.807) is 6.08 Å². The van der Waals surface area contributed by atoms with E-state index in [-0.39, 0.29) is 24.1 Å². The fourth-order valence-corrected chi connectivity index (χ4v) is 4.94.